The Kier molecular flexibility index (Phi) is 7.52. The molecule has 2 aromatic carbocycles. The Morgan fingerprint density at radius 2 is 1.88 bits per heavy atom. The molecule has 202 valence electrons. The zero-order valence-electron chi connectivity index (χ0n) is 21.1. The number of hydrogen-bond acceptors (Lipinski definition) is 6. The van der Waals surface area contributed by atoms with Gasteiger partial charge in [-0.05, 0) is 35.3 Å². The van der Waals surface area contributed by atoms with Gasteiger partial charge in [-0.2, -0.15) is 5.10 Å². The molecule has 3 aliphatic rings. The molecule has 0 saturated carbocycles. The number of allylic oxidation sites excluding steroid dienone is 5. The molecule has 2 heterocycles. The molecular formula is C29H23ClN4O6. The van der Waals surface area contributed by atoms with E-state index < -0.39 is 34.7 Å². The van der Waals surface area contributed by atoms with E-state index in [2.05, 4.69) is 10.1 Å². The predicted octanol–water partition coefficient (Wildman–Crippen LogP) is 5.22. The quantitative estimate of drug-likeness (QED) is 0.347. The molecule has 0 fully saturated rings. The zero-order valence-corrected chi connectivity index (χ0v) is 21.8. The van der Waals surface area contributed by atoms with E-state index in [9.17, 15) is 24.5 Å². The van der Waals surface area contributed by atoms with Gasteiger partial charge in [-0.1, -0.05) is 60.1 Å². The van der Waals surface area contributed by atoms with Crippen molar-refractivity contribution in [3.63, 3.8) is 0 Å². The van der Waals surface area contributed by atoms with Crippen molar-refractivity contribution >= 4 is 52.1 Å². The number of carbonyl (C=O) groups is 3. The van der Waals surface area contributed by atoms with E-state index in [1.54, 1.807) is 24.3 Å². The summed E-state index contributed by atoms with van der Waals surface area (Å²) in [6.07, 6.45) is 5.08. The number of non-ortho nitro benzene ring substituents is 1. The minimum absolute atomic E-state index is 0.0961. The lowest BCUT2D eigenvalue weighted by molar-refractivity contribution is -0.385. The summed E-state index contributed by atoms with van der Waals surface area (Å²) in [5.74, 6) is -2.42. The highest BCUT2D eigenvalue weighted by molar-refractivity contribution is 6.36. The maximum atomic E-state index is 13.5. The van der Waals surface area contributed by atoms with Gasteiger partial charge in [-0.15, -0.1) is 0 Å². The van der Waals surface area contributed by atoms with Crippen LogP contribution in [0.4, 0.5) is 5.69 Å². The molecular weight excluding hydrogens is 536 g/mol. The first kappa shape index (κ1) is 26.9. The summed E-state index contributed by atoms with van der Waals surface area (Å²) in [6.45, 7) is 0. The maximum absolute atomic E-state index is 13.5. The van der Waals surface area contributed by atoms with Gasteiger partial charge in [-0.3, -0.25) is 24.5 Å². The number of carboxylic acids is 1. The van der Waals surface area contributed by atoms with E-state index in [1.807, 2.05) is 30.3 Å². The summed E-state index contributed by atoms with van der Waals surface area (Å²) in [7, 11) is 0. The number of nitrogens with zero attached hydrogens (tertiary/aromatic N) is 4. The van der Waals surface area contributed by atoms with Crippen LogP contribution >= 0.6 is 11.6 Å². The van der Waals surface area contributed by atoms with Crippen molar-refractivity contribution in [2.45, 2.75) is 31.7 Å². The fourth-order valence-electron chi connectivity index (χ4n) is 5.07. The van der Waals surface area contributed by atoms with Crippen LogP contribution in [-0.2, 0) is 14.4 Å². The van der Waals surface area contributed by atoms with Gasteiger partial charge in [0.2, 0.25) is 5.91 Å². The molecule has 0 aromatic heterocycles. The van der Waals surface area contributed by atoms with Gasteiger partial charge in [0, 0.05) is 42.3 Å². The van der Waals surface area contributed by atoms with Gasteiger partial charge in [0.05, 0.1) is 28.0 Å². The number of aliphatic imine (C=N–C) groups is 1. The van der Waals surface area contributed by atoms with E-state index in [4.69, 9.17) is 16.7 Å². The molecule has 2 aliphatic heterocycles. The van der Waals surface area contributed by atoms with Gasteiger partial charge >= 0.3 is 5.97 Å². The van der Waals surface area contributed by atoms with Crippen LogP contribution < -0.4 is 0 Å². The molecule has 0 spiro atoms. The SMILES string of the molecule is O=C(O)CCCC(=O)N1N=C(C2=C(c3ccccc3)C3C=C(Cl)C=CC3=NC2=O)CC1c1cccc([N+](=O)[O-])c1. The highest BCUT2D eigenvalue weighted by atomic mass is 35.5. The number of aliphatic carboxylic acids is 1. The van der Waals surface area contributed by atoms with Gasteiger partial charge in [0.1, 0.15) is 0 Å². The largest absolute Gasteiger partial charge is 0.481 e. The van der Waals surface area contributed by atoms with Crippen LogP contribution in [0.5, 0.6) is 0 Å². The van der Waals surface area contributed by atoms with E-state index in [0.717, 1.165) is 5.56 Å². The van der Waals surface area contributed by atoms with E-state index >= 15 is 0 Å². The molecule has 5 rings (SSSR count). The van der Waals surface area contributed by atoms with Crippen molar-refractivity contribution in [2.24, 2.45) is 16.0 Å². The average Bonchev–Trinajstić information content (AvgIpc) is 3.38. The molecule has 0 bridgehead atoms. The first-order valence-electron chi connectivity index (χ1n) is 12.6. The first-order chi connectivity index (χ1) is 19.2. The second-order valence-electron chi connectivity index (χ2n) is 9.46. The van der Waals surface area contributed by atoms with Crippen molar-refractivity contribution in [2.75, 3.05) is 0 Å². The number of carboxylic acid groups (broad SMARTS) is 1. The van der Waals surface area contributed by atoms with Crippen LogP contribution in [0.25, 0.3) is 5.57 Å². The Bertz CT molecular complexity index is 1570. The van der Waals surface area contributed by atoms with Gasteiger partial charge in [-0.25, -0.2) is 10.0 Å². The monoisotopic (exact) mass is 558 g/mol. The zero-order chi connectivity index (χ0) is 28.4. The Labute approximate surface area is 233 Å². The normalized spacial score (nSPS) is 20.1. The Morgan fingerprint density at radius 1 is 1.10 bits per heavy atom. The third-order valence-corrected chi connectivity index (χ3v) is 7.12. The van der Waals surface area contributed by atoms with Gasteiger partial charge < -0.3 is 5.11 Å². The number of nitro groups is 1. The number of hydrazone groups is 1. The number of halogens is 1. The van der Waals surface area contributed by atoms with Crippen LogP contribution in [0.15, 0.2) is 93.5 Å². The average molecular weight is 559 g/mol. The van der Waals surface area contributed by atoms with E-state index in [1.165, 1.54) is 23.2 Å². The molecule has 0 radical (unpaired) electrons. The number of nitro benzene ring substituents is 1. The minimum atomic E-state index is -1.03. The summed E-state index contributed by atoms with van der Waals surface area (Å²) in [5.41, 5.74) is 2.82. The summed E-state index contributed by atoms with van der Waals surface area (Å²) in [6, 6.07) is 14.5. The predicted molar refractivity (Wildman–Crippen MR) is 149 cm³/mol. The van der Waals surface area contributed by atoms with Crippen molar-refractivity contribution in [3.05, 3.63) is 105 Å². The molecule has 1 N–H and O–H groups in total. The number of rotatable bonds is 8. The van der Waals surface area contributed by atoms with Crippen LogP contribution in [0, 0.1) is 16.0 Å². The Hall–Kier alpha value is -4.70. The van der Waals surface area contributed by atoms with Crippen molar-refractivity contribution in [3.8, 4) is 0 Å². The van der Waals surface area contributed by atoms with Crippen molar-refractivity contribution in [1.82, 2.24) is 5.01 Å². The van der Waals surface area contributed by atoms with Crippen molar-refractivity contribution in [1.29, 1.82) is 0 Å². The number of fused-ring (bicyclic) bond motifs is 1. The number of hydrogen-bond donors (Lipinski definition) is 1. The summed E-state index contributed by atoms with van der Waals surface area (Å²) in [4.78, 5) is 53.1. The fraction of sp³-hybridized carbons (Fsp3) is 0.207. The number of carbonyl (C=O) groups excluding carboxylic acids is 2. The molecule has 2 unspecified atom stereocenters. The molecule has 2 aromatic rings. The lowest BCUT2D eigenvalue weighted by Gasteiger charge is -2.27. The molecule has 2 amide bonds. The first-order valence-corrected chi connectivity index (χ1v) is 12.9. The lowest BCUT2D eigenvalue weighted by Crippen LogP contribution is -2.27. The molecule has 2 atom stereocenters. The van der Waals surface area contributed by atoms with Crippen LogP contribution in [0.3, 0.4) is 0 Å². The van der Waals surface area contributed by atoms with Gasteiger partial charge in [0.25, 0.3) is 11.6 Å². The molecule has 1 aliphatic carbocycles. The topological polar surface area (TPSA) is 143 Å². The molecule has 0 saturated heterocycles. The highest BCUT2D eigenvalue weighted by Gasteiger charge is 2.40. The third-order valence-electron chi connectivity index (χ3n) is 6.87. The molecule has 10 nitrogen and oxygen atoms in total. The maximum Gasteiger partial charge on any atom is 0.303 e. The van der Waals surface area contributed by atoms with Crippen LogP contribution in [-0.4, -0.2) is 44.2 Å². The summed E-state index contributed by atoms with van der Waals surface area (Å²) < 4.78 is 0. The van der Waals surface area contributed by atoms with E-state index in [-0.39, 0.29) is 36.9 Å². The number of amides is 2. The summed E-state index contributed by atoms with van der Waals surface area (Å²) >= 11 is 6.34. The Balaban J connectivity index is 1.62. The minimum Gasteiger partial charge on any atom is -0.481 e. The molecule has 11 heteroatoms. The highest BCUT2D eigenvalue weighted by Crippen LogP contribution is 2.41. The smallest absolute Gasteiger partial charge is 0.303 e. The second kappa shape index (κ2) is 11.2. The van der Waals surface area contributed by atoms with Crippen molar-refractivity contribution < 1.29 is 24.4 Å². The Morgan fingerprint density at radius 3 is 2.60 bits per heavy atom. The second-order valence-corrected chi connectivity index (χ2v) is 9.90. The van der Waals surface area contributed by atoms with Crippen LogP contribution in [0.1, 0.15) is 42.9 Å². The van der Waals surface area contributed by atoms with Crippen LogP contribution in [0.2, 0.25) is 0 Å². The lowest BCUT2D eigenvalue weighted by atomic mass is 9.79. The summed E-state index contributed by atoms with van der Waals surface area (Å²) in [5, 5.41) is 26.7. The van der Waals surface area contributed by atoms with Gasteiger partial charge in [0.15, 0.2) is 0 Å². The standard InChI is InChI=1S/C29H23ClN4O6/c30-19-12-13-22-21(15-19)27(17-6-2-1-3-7-17)28(29(38)31-22)23-16-24(18-8-4-9-20(14-18)34(39)40)33(32-23)25(35)10-5-11-26(36)37/h1-4,6-9,12-15,21,24H,5,10-11,16H2,(H,36,37). The number of benzene rings is 2. The number of dihydropyridines is 1. The fourth-order valence-corrected chi connectivity index (χ4v) is 5.26. The molecule has 40 heavy (non-hydrogen) atoms. The van der Waals surface area contributed by atoms with E-state index in [0.29, 0.717) is 27.6 Å². The third kappa shape index (κ3) is 5.39.